The Bertz CT molecular complexity index is 1100. The average Bonchev–Trinajstić information content (AvgIpc) is 3.33. The molecule has 1 aromatic carbocycles. The van der Waals surface area contributed by atoms with E-state index in [1.165, 1.54) is 30.2 Å². The predicted molar refractivity (Wildman–Crippen MR) is 146 cm³/mol. The second-order valence-corrected chi connectivity index (χ2v) is 13.6. The van der Waals surface area contributed by atoms with E-state index >= 15 is 0 Å². The van der Waals surface area contributed by atoms with Crippen LogP contribution in [-0.2, 0) is 28.2 Å². The summed E-state index contributed by atoms with van der Waals surface area (Å²) in [5.74, 6) is 1.11. The highest BCUT2D eigenvalue weighted by molar-refractivity contribution is 8.06. The first kappa shape index (κ1) is 30.4. The maximum absolute atomic E-state index is 13.3. The quantitative estimate of drug-likeness (QED) is 0.222. The van der Waals surface area contributed by atoms with Gasteiger partial charge in [0.2, 0.25) is 5.91 Å². The molecule has 1 fully saturated rings. The van der Waals surface area contributed by atoms with E-state index in [2.05, 4.69) is 11.9 Å². The Balaban J connectivity index is 2.14. The summed E-state index contributed by atoms with van der Waals surface area (Å²) in [6, 6.07) is 6.49. The molecule has 36 heavy (non-hydrogen) atoms. The smallest absolute Gasteiger partial charge is 0.354 e. The molecule has 0 unspecified atom stereocenters. The standard InChI is InChI=1S/C25H37N2O6PS2/c1-5-32-34(29,33-6-2)16-15-22(18-26)35-19(3)27-25(28)24(17-20-9-7-8-10-20)21-11-13-23(14-12-21)36(4,30)31/h11-16,18,20,24H,3,5-10,17,26H2,1-2,4H3,(H,27,28)/b16-15+,22-18-/t24-/m1/s1. The molecule has 0 aromatic heterocycles. The van der Waals surface area contributed by atoms with Gasteiger partial charge in [-0.15, -0.1) is 0 Å². The third-order valence-corrected chi connectivity index (χ3v) is 9.51. The van der Waals surface area contributed by atoms with Crippen molar-refractivity contribution >= 4 is 35.1 Å². The van der Waals surface area contributed by atoms with E-state index in [-0.39, 0.29) is 24.0 Å². The zero-order valence-electron chi connectivity index (χ0n) is 21.1. The van der Waals surface area contributed by atoms with Gasteiger partial charge in [-0.2, -0.15) is 0 Å². The summed E-state index contributed by atoms with van der Waals surface area (Å²) in [4.78, 5) is 14.0. The molecule has 1 aliphatic rings. The van der Waals surface area contributed by atoms with E-state index in [1.54, 1.807) is 26.0 Å². The van der Waals surface area contributed by atoms with Crippen LogP contribution in [-0.4, -0.2) is 33.8 Å². The minimum atomic E-state index is -3.40. The summed E-state index contributed by atoms with van der Waals surface area (Å²) >= 11 is 1.12. The van der Waals surface area contributed by atoms with Crippen LogP contribution in [0.2, 0.25) is 0 Å². The van der Waals surface area contributed by atoms with Crippen LogP contribution in [0.15, 0.2) is 63.8 Å². The van der Waals surface area contributed by atoms with Gasteiger partial charge in [-0.05, 0) is 50.0 Å². The van der Waals surface area contributed by atoms with Crippen LogP contribution >= 0.6 is 19.4 Å². The van der Waals surface area contributed by atoms with Crippen molar-refractivity contribution in [3.05, 3.63) is 64.4 Å². The molecule has 2 rings (SSSR count). The van der Waals surface area contributed by atoms with Crippen LogP contribution in [0.3, 0.4) is 0 Å². The number of rotatable bonds is 14. The Labute approximate surface area is 219 Å². The lowest BCUT2D eigenvalue weighted by molar-refractivity contribution is -0.122. The fraction of sp³-hybridized carbons (Fsp3) is 0.480. The number of hydrogen-bond acceptors (Lipinski definition) is 8. The maximum atomic E-state index is 13.3. The Kier molecular flexibility index (Phi) is 12.0. The summed E-state index contributed by atoms with van der Waals surface area (Å²) in [5.41, 5.74) is 6.49. The normalized spacial score (nSPS) is 16.4. The number of allylic oxidation sites excluding steroid dienone is 1. The molecule has 0 aliphatic heterocycles. The molecular weight excluding hydrogens is 519 g/mol. The molecule has 8 nitrogen and oxygen atoms in total. The van der Waals surface area contributed by atoms with Crippen LogP contribution in [0.4, 0.5) is 0 Å². The van der Waals surface area contributed by atoms with Crippen molar-refractivity contribution in [2.45, 2.75) is 56.8 Å². The van der Waals surface area contributed by atoms with Crippen LogP contribution in [0.25, 0.3) is 0 Å². The molecule has 0 saturated heterocycles. The van der Waals surface area contributed by atoms with Gasteiger partial charge < -0.3 is 20.1 Å². The second kappa shape index (κ2) is 14.2. The second-order valence-electron chi connectivity index (χ2n) is 8.55. The van der Waals surface area contributed by atoms with Gasteiger partial charge in [0.05, 0.1) is 29.1 Å². The molecule has 1 aromatic rings. The molecule has 1 saturated carbocycles. The number of carbonyl (C=O) groups is 1. The molecule has 1 aliphatic carbocycles. The lowest BCUT2D eigenvalue weighted by atomic mass is 9.87. The van der Waals surface area contributed by atoms with Gasteiger partial charge in [0.15, 0.2) is 9.84 Å². The Morgan fingerprint density at radius 2 is 1.81 bits per heavy atom. The molecule has 1 atom stereocenters. The first-order valence-corrected chi connectivity index (χ1v) is 16.3. The maximum Gasteiger partial charge on any atom is 0.354 e. The molecule has 3 N–H and O–H groups in total. The Morgan fingerprint density at radius 3 is 2.31 bits per heavy atom. The van der Waals surface area contributed by atoms with Gasteiger partial charge in [-0.25, -0.2) is 8.42 Å². The topological polar surface area (TPSA) is 125 Å². The molecule has 0 radical (unpaired) electrons. The van der Waals surface area contributed by atoms with Crippen LogP contribution in [0.1, 0.15) is 57.4 Å². The lowest BCUT2D eigenvalue weighted by Crippen LogP contribution is -2.29. The van der Waals surface area contributed by atoms with Crippen molar-refractivity contribution in [1.82, 2.24) is 5.32 Å². The molecule has 1 amide bonds. The summed E-state index contributed by atoms with van der Waals surface area (Å²) < 4.78 is 46.8. The third kappa shape index (κ3) is 9.56. The number of thioether (sulfide) groups is 1. The number of amides is 1. The van der Waals surface area contributed by atoms with Crippen LogP contribution in [0, 0.1) is 5.92 Å². The van der Waals surface area contributed by atoms with E-state index in [0.29, 0.717) is 22.3 Å². The number of nitrogens with two attached hydrogens (primary N) is 1. The largest absolute Gasteiger partial charge is 0.404 e. The Morgan fingerprint density at radius 1 is 1.22 bits per heavy atom. The minimum absolute atomic E-state index is 0.215. The number of hydrogen-bond donors (Lipinski definition) is 2. The van der Waals surface area contributed by atoms with Crippen molar-refractivity contribution in [2.75, 3.05) is 19.5 Å². The lowest BCUT2D eigenvalue weighted by Gasteiger charge is -2.21. The molecular formula is C25H37N2O6PS2. The third-order valence-electron chi connectivity index (χ3n) is 5.78. The van der Waals surface area contributed by atoms with Crippen LogP contribution < -0.4 is 11.1 Å². The molecule has 0 heterocycles. The zero-order valence-corrected chi connectivity index (χ0v) is 23.7. The monoisotopic (exact) mass is 556 g/mol. The van der Waals surface area contributed by atoms with Gasteiger partial charge in [0.1, 0.15) is 0 Å². The van der Waals surface area contributed by atoms with E-state index in [1.807, 2.05) is 0 Å². The van der Waals surface area contributed by atoms with Crippen molar-refractivity contribution < 1.29 is 26.8 Å². The molecule has 0 spiro atoms. The van der Waals surface area contributed by atoms with Gasteiger partial charge >= 0.3 is 7.60 Å². The summed E-state index contributed by atoms with van der Waals surface area (Å²) in [6.45, 7) is 7.85. The number of benzene rings is 1. The highest BCUT2D eigenvalue weighted by Gasteiger charge is 2.27. The molecule has 0 bridgehead atoms. The Hall–Kier alpha value is -1.84. The number of nitrogens with one attached hydrogen (secondary N) is 1. The van der Waals surface area contributed by atoms with Gasteiger partial charge in [-0.3, -0.25) is 9.36 Å². The fourth-order valence-electron chi connectivity index (χ4n) is 4.09. The van der Waals surface area contributed by atoms with Gasteiger partial charge in [0.25, 0.3) is 0 Å². The van der Waals surface area contributed by atoms with Gasteiger partial charge in [0, 0.05) is 23.2 Å². The predicted octanol–water partition coefficient (Wildman–Crippen LogP) is 5.65. The zero-order chi connectivity index (χ0) is 26.8. The summed E-state index contributed by atoms with van der Waals surface area (Å²) in [5, 5.41) is 3.21. The fourth-order valence-corrected chi connectivity index (χ4v) is 6.77. The molecule has 11 heteroatoms. The van der Waals surface area contributed by atoms with E-state index in [4.69, 9.17) is 14.8 Å². The van der Waals surface area contributed by atoms with E-state index in [0.717, 1.165) is 49.3 Å². The summed E-state index contributed by atoms with van der Waals surface area (Å²) in [6.07, 6.45) is 9.13. The van der Waals surface area contributed by atoms with Crippen molar-refractivity contribution in [1.29, 1.82) is 0 Å². The summed E-state index contributed by atoms with van der Waals surface area (Å²) in [7, 11) is -6.72. The van der Waals surface area contributed by atoms with Crippen molar-refractivity contribution in [2.24, 2.45) is 11.7 Å². The molecule has 200 valence electrons. The average molecular weight is 557 g/mol. The first-order valence-electron chi connectivity index (χ1n) is 12.0. The van der Waals surface area contributed by atoms with E-state index in [9.17, 15) is 17.8 Å². The first-order chi connectivity index (χ1) is 17.0. The number of sulfone groups is 1. The van der Waals surface area contributed by atoms with Crippen molar-refractivity contribution in [3.63, 3.8) is 0 Å². The minimum Gasteiger partial charge on any atom is -0.404 e. The van der Waals surface area contributed by atoms with Gasteiger partial charge in [-0.1, -0.05) is 56.2 Å². The van der Waals surface area contributed by atoms with Crippen molar-refractivity contribution in [3.8, 4) is 0 Å². The number of carbonyl (C=O) groups excluding carboxylic acids is 1. The SMILES string of the molecule is C=C(NC(=O)[C@H](CC1CCCC1)c1ccc(S(C)(=O)=O)cc1)SC(=C\N)/C=C/P(=O)(OCC)OCC. The van der Waals surface area contributed by atoms with Crippen LogP contribution in [0.5, 0.6) is 0 Å². The highest BCUT2D eigenvalue weighted by Crippen LogP contribution is 2.50. The highest BCUT2D eigenvalue weighted by atomic mass is 32.2. The van der Waals surface area contributed by atoms with E-state index < -0.39 is 23.4 Å².